The van der Waals surface area contributed by atoms with E-state index in [1.54, 1.807) is 7.11 Å². The fourth-order valence-corrected chi connectivity index (χ4v) is 2.56. The molecule has 2 rings (SSSR count). The summed E-state index contributed by atoms with van der Waals surface area (Å²) in [4.78, 5) is 2.40. The molecule has 0 aliphatic carbocycles. The molecule has 0 saturated carbocycles. The third-order valence-electron chi connectivity index (χ3n) is 3.71. The molecule has 1 heterocycles. The van der Waals surface area contributed by atoms with E-state index in [-0.39, 0.29) is 0 Å². The van der Waals surface area contributed by atoms with Gasteiger partial charge < -0.3 is 15.4 Å². The molecule has 1 aliphatic heterocycles. The van der Waals surface area contributed by atoms with Crippen LogP contribution in [0.1, 0.15) is 19.8 Å². The highest BCUT2D eigenvalue weighted by atomic mass is 16.5. The first kappa shape index (κ1) is 12.2. The number of nitrogens with zero attached hydrogens (tertiary/aromatic N) is 1. The monoisotopic (exact) mass is 234 g/mol. The van der Waals surface area contributed by atoms with Crippen LogP contribution in [0, 0.1) is 5.92 Å². The molecule has 2 N–H and O–H groups in total. The molecule has 1 fully saturated rings. The molecule has 0 radical (unpaired) electrons. The van der Waals surface area contributed by atoms with Gasteiger partial charge in [-0.1, -0.05) is 12.1 Å². The van der Waals surface area contributed by atoms with E-state index in [2.05, 4.69) is 24.0 Å². The van der Waals surface area contributed by atoms with Gasteiger partial charge in [-0.2, -0.15) is 0 Å². The second-order valence-electron chi connectivity index (χ2n) is 4.86. The molecular formula is C14H22N2O. The third kappa shape index (κ3) is 2.72. The lowest BCUT2D eigenvalue weighted by Gasteiger charge is -2.35. The van der Waals surface area contributed by atoms with E-state index >= 15 is 0 Å². The Morgan fingerprint density at radius 3 is 2.53 bits per heavy atom. The number of rotatable bonds is 3. The first-order valence-electron chi connectivity index (χ1n) is 6.36. The average molecular weight is 234 g/mol. The number of hydrogen-bond acceptors (Lipinski definition) is 3. The van der Waals surface area contributed by atoms with Gasteiger partial charge in [0.2, 0.25) is 0 Å². The van der Waals surface area contributed by atoms with Gasteiger partial charge in [0, 0.05) is 19.1 Å². The Bertz CT molecular complexity index is 357. The molecule has 1 aromatic rings. The van der Waals surface area contributed by atoms with Gasteiger partial charge in [0.15, 0.2) is 0 Å². The van der Waals surface area contributed by atoms with Crippen molar-refractivity contribution in [1.29, 1.82) is 0 Å². The number of hydrogen-bond donors (Lipinski definition) is 1. The van der Waals surface area contributed by atoms with Crippen LogP contribution in [0.2, 0.25) is 0 Å². The normalized spacial score (nSPS) is 19.1. The predicted molar refractivity (Wildman–Crippen MR) is 71.6 cm³/mol. The molecule has 1 aliphatic rings. The van der Waals surface area contributed by atoms with Crippen molar-refractivity contribution < 1.29 is 4.74 Å². The number of para-hydroxylation sites is 2. The van der Waals surface area contributed by atoms with E-state index in [9.17, 15) is 0 Å². The molecule has 1 unspecified atom stereocenters. The van der Waals surface area contributed by atoms with E-state index in [1.165, 1.54) is 18.5 Å². The Morgan fingerprint density at radius 2 is 1.94 bits per heavy atom. The highest BCUT2D eigenvalue weighted by molar-refractivity contribution is 5.58. The van der Waals surface area contributed by atoms with Crippen molar-refractivity contribution >= 4 is 5.69 Å². The SMILES string of the molecule is COc1ccccc1N1CCC(C(C)N)CC1. The fraction of sp³-hybridized carbons (Fsp3) is 0.571. The maximum absolute atomic E-state index is 5.96. The van der Waals surface area contributed by atoms with Gasteiger partial charge >= 0.3 is 0 Å². The third-order valence-corrected chi connectivity index (χ3v) is 3.71. The number of nitrogens with two attached hydrogens (primary N) is 1. The summed E-state index contributed by atoms with van der Waals surface area (Å²) in [5.74, 6) is 1.63. The maximum atomic E-state index is 5.96. The lowest BCUT2D eigenvalue weighted by Crippen LogP contribution is -2.39. The second-order valence-corrected chi connectivity index (χ2v) is 4.86. The largest absolute Gasteiger partial charge is 0.495 e. The van der Waals surface area contributed by atoms with Crippen LogP contribution < -0.4 is 15.4 Å². The molecule has 17 heavy (non-hydrogen) atoms. The van der Waals surface area contributed by atoms with Crippen molar-refractivity contribution in [3.05, 3.63) is 24.3 Å². The zero-order valence-electron chi connectivity index (χ0n) is 10.7. The molecule has 1 atom stereocenters. The van der Waals surface area contributed by atoms with Crippen LogP contribution in [0.3, 0.4) is 0 Å². The summed E-state index contributed by atoms with van der Waals surface area (Å²) in [7, 11) is 1.73. The number of benzene rings is 1. The van der Waals surface area contributed by atoms with Crippen LogP contribution in [0.15, 0.2) is 24.3 Å². The van der Waals surface area contributed by atoms with Gasteiger partial charge in [0.05, 0.1) is 12.8 Å². The summed E-state index contributed by atoms with van der Waals surface area (Å²) in [5.41, 5.74) is 7.17. The predicted octanol–water partition coefficient (Wildman–Crippen LogP) is 2.26. The maximum Gasteiger partial charge on any atom is 0.142 e. The Labute approximate surface area is 104 Å². The van der Waals surface area contributed by atoms with E-state index in [1.807, 2.05) is 12.1 Å². The van der Waals surface area contributed by atoms with Gasteiger partial charge in [0.1, 0.15) is 5.75 Å². The lowest BCUT2D eigenvalue weighted by atomic mass is 9.90. The van der Waals surface area contributed by atoms with Crippen molar-refractivity contribution in [2.45, 2.75) is 25.8 Å². The van der Waals surface area contributed by atoms with Crippen LogP contribution in [0.25, 0.3) is 0 Å². The first-order valence-corrected chi connectivity index (χ1v) is 6.36. The van der Waals surface area contributed by atoms with Crippen LogP contribution in [-0.2, 0) is 0 Å². The molecule has 0 amide bonds. The van der Waals surface area contributed by atoms with Crippen LogP contribution in [-0.4, -0.2) is 26.2 Å². The summed E-state index contributed by atoms with van der Waals surface area (Å²) in [6, 6.07) is 8.54. The van der Waals surface area contributed by atoms with E-state index in [0.717, 1.165) is 18.8 Å². The lowest BCUT2D eigenvalue weighted by molar-refractivity contribution is 0.351. The Kier molecular flexibility index (Phi) is 3.89. The van der Waals surface area contributed by atoms with Crippen LogP contribution in [0.4, 0.5) is 5.69 Å². The van der Waals surface area contributed by atoms with Crippen molar-refractivity contribution in [3.63, 3.8) is 0 Å². The second kappa shape index (κ2) is 5.41. The van der Waals surface area contributed by atoms with Gasteiger partial charge in [0.25, 0.3) is 0 Å². The van der Waals surface area contributed by atoms with E-state index < -0.39 is 0 Å². The van der Waals surface area contributed by atoms with Gasteiger partial charge in [-0.3, -0.25) is 0 Å². The topological polar surface area (TPSA) is 38.5 Å². The number of methoxy groups -OCH3 is 1. The van der Waals surface area contributed by atoms with Gasteiger partial charge in [-0.25, -0.2) is 0 Å². The zero-order valence-corrected chi connectivity index (χ0v) is 10.7. The van der Waals surface area contributed by atoms with Gasteiger partial charge in [-0.05, 0) is 37.8 Å². The molecule has 1 aromatic carbocycles. The van der Waals surface area contributed by atoms with Crippen molar-refractivity contribution in [2.75, 3.05) is 25.1 Å². The number of anilines is 1. The summed E-state index contributed by atoms with van der Waals surface area (Å²) < 4.78 is 5.41. The Hall–Kier alpha value is -1.22. The molecule has 94 valence electrons. The highest BCUT2D eigenvalue weighted by Crippen LogP contribution is 2.31. The van der Waals surface area contributed by atoms with E-state index in [0.29, 0.717) is 12.0 Å². The summed E-state index contributed by atoms with van der Waals surface area (Å²) in [6.07, 6.45) is 2.35. The number of piperidine rings is 1. The summed E-state index contributed by atoms with van der Waals surface area (Å²) in [5, 5.41) is 0. The minimum atomic E-state index is 0.315. The quantitative estimate of drug-likeness (QED) is 0.872. The smallest absolute Gasteiger partial charge is 0.142 e. The Morgan fingerprint density at radius 1 is 1.29 bits per heavy atom. The Balaban J connectivity index is 2.05. The van der Waals surface area contributed by atoms with Crippen molar-refractivity contribution in [1.82, 2.24) is 0 Å². The molecule has 1 saturated heterocycles. The first-order chi connectivity index (χ1) is 8.22. The molecule has 0 aromatic heterocycles. The zero-order chi connectivity index (χ0) is 12.3. The standard InChI is InChI=1S/C14H22N2O/c1-11(15)12-7-9-16(10-8-12)13-5-3-4-6-14(13)17-2/h3-6,11-12H,7-10,15H2,1-2H3. The molecular weight excluding hydrogens is 212 g/mol. The van der Waals surface area contributed by atoms with Crippen LogP contribution in [0.5, 0.6) is 5.75 Å². The molecule has 0 bridgehead atoms. The minimum Gasteiger partial charge on any atom is -0.495 e. The summed E-state index contributed by atoms with van der Waals surface area (Å²) >= 11 is 0. The highest BCUT2D eigenvalue weighted by Gasteiger charge is 2.23. The van der Waals surface area contributed by atoms with Gasteiger partial charge in [-0.15, -0.1) is 0 Å². The van der Waals surface area contributed by atoms with Crippen molar-refractivity contribution in [3.8, 4) is 5.75 Å². The summed E-state index contributed by atoms with van der Waals surface area (Å²) in [6.45, 7) is 4.27. The van der Waals surface area contributed by atoms with Crippen molar-refractivity contribution in [2.24, 2.45) is 11.7 Å². The molecule has 0 spiro atoms. The molecule has 3 nitrogen and oxygen atoms in total. The minimum absolute atomic E-state index is 0.315. The van der Waals surface area contributed by atoms with E-state index in [4.69, 9.17) is 10.5 Å². The molecule has 3 heteroatoms. The number of ether oxygens (including phenoxy) is 1. The fourth-order valence-electron chi connectivity index (χ4n) is 2.56. The van der Waals surface area contributed by atoms with Crippen LogP contribution >= 0.6 is 0 Å². The average Bonchev–Trinajstić information content (AvgIpc) is 2.39.